The van der Waals surface area contributed by atoms with Crippen molar-refractivity contribution in [3.8, 4) is 0 Å². The molecule has 7 heteroatoms. The molecule has 166 valence electrons. The van der Waals surface area contributed by atoms with Gasteiger partial charge in [0.2, 0.25) is 11.9 Å². The van der Waals surface area contributed by atoms with Crippen LogP contribution in [0.5, 0.6) is 0 Å². The fraction of sp³-hybridized carbons (Fsp3) is 0.400. The number of rotatable bonds is 8. The fourth-order valence-corrected chi connectivity index (χ4v) is 5.11. The summed E-state index contributed by atoms with van der Waals surface area (Å²) in [5, 5.41) is 9.92. The molecule has 2 aliphatic rings. The average molecular weight is 448 g/mol. The SMILES string of the molecule is O=C(CSc1nnc(N2CCCCC2)n1C1CC1)N(Cc1ccccc1)c1ccccc1. The predicted molar refractivity (Wildman–Crippen MR) is 129 cm³/mol. The molecule has 6 nitrogen and oxygen atoms in total. The minimum absolute atomic E-state index is 0.0786. The molecule has 1 aromatic heterocycles. The predicted octanol–water partition coefficient (Wildman–Crippen LogP) is 4.93. The van der Waals surface area contributed by atoms with Gasteiger partial charge in [-0.2, -0.15) is 0 Å². The summed E-state index contributed by atoms with van der Waals surface area (Å²) in [5.74, 6) is 1.41. The Morgan fingerprint density at radius 3 is 2.31 bits per heavy atom. The number of hydrogen-bond donors (Lipinski definition) is 0. The molecule has 1 saturated carbocycles. The highest BCUT2D eigenvalue weighted by Crippen LogP contribution is 2.41. The third-order valence-corrected chi connectivity index (χ3v) is 7.00. The molecule has 5 rings (SSSR count). The van der Waals surface area contributed by atoms with Crippen molar-refractivity contribution in [2.75, 3.05) is 28.6 Å². The molecule has 1 aliphatic heterocycles. The molecule has 3 aromatic rings. The Balaban J connectivity index is 1.32. The van der Waals surface area contributed by atoms with Crippen LogP contribution in [-0.4, -0.2) is 39.5 Å². The molecule has 0 spiro atoms. The minimum atomic E-state index is 0.0786. The average Bonchev–Trinajstić information content (AvgIpc) is 3.61. The maximum absolute atomic E-state index is 13.4. The van der Waals surface area contributed by atoms with E-state index in [9.17, 15) is 4.79 Å². The molecule has 2 fully saturated rings. The molecule has 1 amide bonds. The van der Waals surface area contributed by atoms with Gasteiger partial charge in [-0.25, -0.2) is 0 Å². The van der Waals surface area contributed by atoms with E-state index in [1.807, 2.05) is 53.4 Å². The van der Waals surface area contributed by atoms with Crippen LogP contribution in [0.1, 0.15) is 43.7 Å². The van der Waals surface area contributed by atoms with E-state index in [2.05, 4.69) is 31.8 Å². The molecule has 2 aromatic carbocycles. The van der Waals surface area contributed by atoms with Gasteiger partial charge in [0.15, 0.2) is 5.16 Å². The van der Waals surface area contributed by atoms with E-state index in [0.29, 0.717) is 18.3 Å². The first-order chi connectivity index (χ1) is 15.8. The molecular formula is C25H29N5OS. The third kappa shape index (κ3) is 4.83. The molecule has 1 saturated heterocycles. The quantitative estimate of drug-likeness (QED) is 0.458. The first-order valence-corrected chi connectivity index (χ1v) is 12.5. The Kier molecular flexibility index (Phi) is 6.44. The van der Waals surface area contributed by atoms with Crippen molar-refractivity contribution < 1.29 is 4.79 Å². The van der Waals surface area contributed by atoms with E-state index < -0.39 is 0 Å². The number of amides is 1. The number of carbonyl (C=O) groups excluding carboxylic acids is 1. The highest BCUT2D eigenvalue weighted by molar-refractivity contribution is 7.99. The fourth-order valence-electron chi connectivity index (χ4n) is 4.23. The van der Waals surface area contributed by atoms with E-state index in [4.69, 9.17) is 0 Å². The van der Waals surface area contributed by atoms with Crippen LogP contribution in [-0.2, 0) is 11.3 Å². The second-order valence-electron chi connectivity index (χ2n) is 8.52. The van der Waals surface area contributed by atoms with E-state index in [0.717, 1.165) is 35.4 Å². The van der Waals surface area contributed by atoms with Crippen molar-refractivity contribution in [1.29, 1.82) is 0 Å². The molecule has 1 aliphatic carbocycles. The van der Waals surface area contributed by atoms with Gasteiger partial charge in [-0.3, -0.25) is 9.36 Å². The van der Waals surface area contributed by atoms with Crippen LogP contribution >= 0.6 is 11.8 Å². The number of para-hydroxylation sites is 1. The lowest BCUT2D eigenvalue weighted by Gasteiger charge is -2.28. The zero-order valence-corrected chi connectivity index (χ0v) is 19.1. The Hall–Kier alpha value is -2.80. The smallest absolute Gasteiger partial charge is 0.237 e. The van der Waals surface area contributed by atoms with Crippen LogP contribution in [0.25, 0.3) is 0 Å². The molecule has 0 N–H and O–H groups in total. The summed E-state index contributed by atoms with van der Waals surface area (Å²) in [7, 11) is 0. The number of carbonyl (C=O) groups is 1. The summed E-state index contributed by atoms with van der Waals surface area (Å²) in [6, 6.07) is 20.5. The highest BCUT2D eigenvalue weighted by Gasteiger charge is 2.32. The van der Waals surface area contributed by atoms with Crippen LogP contribution in [0.15, 0.2) is 65.8 Å². The van der Waals surface area contributed by atoms with Crippen LogP contribution in [0, 0.1) is 0 Å². The van der Waals surface area contributed by atoms with Crippen molar-refractivity contribution in [3.63, 3.8) is 0 Å². The van der Waals surface area contributed by atoms with E-state index in [1.165, 1.54) is 43.9 Å². The Morgan fingerprint density at radius 2 is 1.62 bits per heavy atom. The number of hydrogen-bond acceptors (Lipinski definition) is 5. The lowest BCUT2D eigenvalue weighted by Crippen LogP contribution is -2.32. The van der Waals surface area contributed by atoms with E-state index in [-0.39, 0.29) is 5.91 Å². The number of nitrogens with zero attached hydrogens (tertiary/aromatic N) is 5. The van der Waals surface area contributed by atoms with Crippen molar-refractivity contribution >= 4 is 29.3 Å². The van der Waals surface area contributed by atoms with E-state index in [1.54, 1.807) is 0 Å². The summed E-state index contributed by atoms with van der Waals surface area (Å²) in [5.41, 5.74) is 2.03. The minimum Gasteiger partial charge on any atom is -0.341 e. The lowest BCUT2D eigenvalue weighted by atomic mass is 10.1. The summed E-state index contributed by atoms with van der Waals surface area (Å²) in [6.07, 6.45) is 6.06. The number of aromatic nitrogens is 3. The van der Waals surface area contributed by atoms with Gasteiger partial charge in [0, 0.05) is 24.8 Å². The van der Waals surface area contributed by atoms with Gasteiger partial charge in [-0.1, -0.05) is 60.3 Å². The number of benzene rings is 2. The summed E-state index contributed by atoms with van der Waals surface area (Å²) in [6.45, 7) is 2.65. The topological polar surface area (TPSA) is 54.3 Å². The van der Waals surface area contributed by atoms with Crippen molar-refractivity contribution in [2.24, 2.45) is 0 Å². The van der Waals surface area contributed by atoms with Crippen LogP contribution in [0.4, 0.5) is 11.6 Å². The van der Waals surface area contributed by atoms with Gasteiger partial charge < -0.3 is 9.80 Å². The van der Waals surface area contributed by atoms with Crippen molar-refractivity contribution in [1.82, 2.24) is 14.8 Å². The molecule has 0 atom stereocenters. The Morgan fingerprint density at radius 1 is 0.938 bits per heavy atom. The van der Waals surface area contributed by atoms with Crippen LogP contribution in [0.2, 0.25) is 0 Å². The Bertz CT molecular complexity index is 1030. The van der Waals surface area contributed by atoms with Gasteiger partial charge in [0.25, 0.3) is 0 Å². The van der Waals surface area contributed by atoms with Gasteiger partial charge in [0.1, 0.15) is 0 Å². The van der Waals surface area contributed by atoms with Crippen molar-refractivity contribution in [2.45, 2.75) is 49.8 Å². The largest absolute Gasteiger partial charge is 0.341 e. The van der Waals surface area contributed by atoms with Gasteiger partial charge in [0.05, 0.1) is 12.3 Å². The number of thioether (sulfide) groups is 1. The monoisotopic (exact) mass is 447 g/mol. The van der Waals surface area contributed by atoms with Crippen LogP contribution in [0.3, 0.4) is 0 Å². The van der Waals surface area contributed by atoms with Gasteiger partial charge in [-0.05, 0) is 49.8 Å². The summed E-state index contributed by atoms with van der Waals surface area (Å²) in [4.78, 5) is 17.6. The van der Waals surface area contributed by atoms with E-state index >= 15 is 0 Å². The third-order valence-electron chi connectivity index (χ3n) is 6.07. The summed E-state index contributed by atoms with van der Waals surface area (Å²) >= 11 is 1.51. The Labute approximate surface area is 193 Å². The normalized spacial score (nSPS) is 16.2. The highest BCUT2D eigenvalue weighted by atomic mass is 32.2. The van der Waals surface area contributed by atoms with Gasteiger partial charge >= 0.3 is 0 Å². The van der Waals surface area contributed by atoms with Crippen molar-refractivity contribution in [3.05, 3.63) is 66.2 Å². The summed E-state index contributed by atoms with van der Waals surface area (Å²) < 4.78 is 2.29. The van der Waals surface area contributed by atoms with Gasteiger partial charge in [-0.15, -0.1) is 10.2 Å². The first kappa shape index (κ1) is 21.1. The first-order valence-electron chi connectivity index (χ1n) is 11.5. The molecule has 0 bridgehead atoms. The maximum atomic E-state index is 13.4. The standard InChI is InChI=1S/C25H29N5OS/c31-23(29(21-12-6-2-7-13-21)18-20-10-4-1-5-11-20)19-32-25-27-26-24(30(25)22-14-15-22)28-16-8-3-9-17-28/h1-2,4-7,10-13,22H,3,8-9,14-19H2. The molecule has 2 heterocycles. The zero-order chi connectivity index (χ0) is 21.8. The molecular weight excluding hydrogens is 418 g/mol. The maximum Gasteiger partial charge on any atom is 0.237 e. The molecule has 0 unspecified atom stereocenters. The number of anilines is 2. The molecule has 0 radical (unpaired) electrons. The number of piperidine rings is 1. The second kappa shape index (κ2) is 9.77. The molecule has 32 heavy (non-hydrogen) atoms. The zero-order valence-electron chi connectivity index (χ0n) is 18.3. The second-order valence-corrected chi connectivity index (χ2v) is 9.46. The lowest BCUT2D eigenvalue weighted by molar-refractivity contribution is -0.116. The van der Waals surface area contributed by atoms with Crippen LogP contribution < -0.4 is 9.80 Å².